The predicted octanol–water partition coefficient (Wildman–Crippen LogP) is 2.15. The largest absolute Gasteiger partial charge is 0.383 e. The number of aryl methyl sites for hydroxylation is 1. The third kappa shape index (κ3) is 3.56. The highest BCUT2D eigenvalue weighted by Gasteiger charge is 2.25. The van der Waals surface area contributed by atoms with Gasteiger partial charge in [0.2, 0.25) is 5.28 Å². The molecule has 0 fully saturated rings. The Hall–Kier alpha value is -1.86. The van der Waals surface area contributed by atoms with Gasteiger partial charge >= 0.3 is 0 Å². The lowest BCUT2D eigenvalue weighted by Crippen LogP contribution is -2.42. The molecular formula is C15H20ClN5O2. The Labute approximate surface area is 140 Å². The van der Waals surface area contributed by atoms with Crippen LogP contribution < -0.4 is 9.80 Å². The molecule has 0 unspecified atom stereocenters. The number of anilines is 2. The maximum absolute atomic E-state index is 5.98. The fraction of sp³-hybridized carbons (Fsp3) is 0.533. The molecule has 0 saturated carbocycles. The lowest BCUT2D eigenvalue weighted by molar-refractivity contribution is 0.205. The zero-order chi connectivity index (χ0) is 16.2. The number of aromatic nitrogens is 3. The average molecular weight is 338 g/mol. The minimum atomic E-state index is 0.251. The maximum atomic E-state index is 5.98. The van der Waals surface area contributed by atoms with Crippen LogP contribution in [0.4, 0.5) is 11.5 Å². The molecule has 2 aromatic rings. The fourth-order valence-corrected chi connectivity index (χ4v) is 2.77. The van der Waals surface area contributed by atoms with Crippen LogP contribution in [-0.2, 0) is 17.7 Å². The summed E-state index contributed by atoms with van der Waals surface area (Å²) in [5.74, 6) is 1.68. The van der Waals surface area contributed by atoms with E-state index in [-0.39, 0.29) is 5.28 Å². The Balaban J connectivity index is 1.82. The maximum Gasteiger partial charge on any atom is 0.224 e. The second-order valence-electron chi connectivity index (χ2n) is 5.39. The average Bonchev–Trinajstić information content (AvgIpc) is 3.01. The number of rotatable bonds is 6. The van der Waals surface area contributed by atoms with Gasteiger partial charge in [-0.1, -0.05) is 12.1 Å². The number of ether oxygens (including phenoxy) is 1. The summed E-state index contributed by atoms with van der Waals surface area (Å²) in [6, 6.07) is 1.99. The molecule has 2 aromatic heterocycles. The topological polar surface area (TPSA) is 67.5 Å². The van der Waals surface area contributed by atoms with Gasteiger partial charge in [-0.3, -0.25) is 0 Å². The molecule has 0 N–H and O–H groups in total. The van der Waals surface area contributed by atoms with E-state index >= 15 is 0 Å². The molecule has 0 aliphatic carbocycles. The minimum Gasteiger partial charge on any atom is -0.383 e. The van der Waals surface area contributed by atoms with Crippen LogP contribution in [0.3, 0.4) is 0 Å². The van der Waals surface area contributed by atoms with Gasteiger partial charge in [-0.2, -0.15) is 4.98 Å². The molecule has 3 rings (SSSR count). The van der Waals surface area contributed by atoms with Gasteiger partial charge in [0.1, 0.15) is 0 Å². The van der Waals surface area contributed by atoms with Crippen molar-refractivity contribution in [1.29, 1.82) is 0 Å². The predicted molar refractivity (Wildman–Crippen MR) is 88.1 cm³/mol. The second-order valence-corrected chi connectivity index (χ2v) is 5.73. The van der Waals surface area contributed by atoms with E-state index in [1.807, 2.05) is 6.07 Å². The van der Waals surface area contributed by atoms with Gasteiger partial charge in [0.05, 0.1) is 30.7 Å². The van der Waals surface area contributed by atoms with Gasteiger partial charge in [0.25, 0.3) is 0 Å². The standard InChI is InChI=1S/C15H20ClN5O2/c1-3-11-8-12(23-19-11)10-21-5-4-20(6-7-22-2)14-13(21)9-17-15(16)18-14/h8-9H,3-7,10H2,1-2H3. The van der Waals surface area contributed by atoms with Crippen molar-refractivity contribution in [2.75, 3.05) is 43.2 Å². The van der Waals surface area contributed by atoms with Crippen LogP contribution in [0.1, 0.15) is 18.4 Å². The van der Waals surface area contributed by atoms with Crippen molar-refractivity contribution in [2.24, 2.45) is 0 Å². The fourth-order valence-electron chi connectivity index (χ4n) is 2.64. The van der Waals surface area contributed by atoms with Crippen LogP contribution in [-0.4, -0.2) is 48.5 Å². The van der Waals surface area contributed by atoms with E-state index in [0.29, 0.717) is 13.2 Å². The van der Waals surface area contributed by atoms with Crippen LogP contribution >= 0.6 is 11.6 Å². The summed E-state index contributed by atoms with van der Waals surface area (Å²) in [4.78, 5) is 12.9. The van der Waals surface area contributed by atoms with Crippen molar-refractivity contribution in [3.63, 3.8) is 0 Å². The molecule has 0 spiro atoms. The molecule has 124 valence electrons. The van der Waals surface area contributed by atoms with Crippen molar-refractivity contribution in [2.45, 2.75) is 19.9 Å². The number of methoxy groups -OCH3 is 1. The molecule has 1 aliphatic heterocycles. The van der Waals surface area contributed by atoms with E-state index < -0.39 is 0 Å². The van der Waals surface area contributed by atoms with Gasteiger partial charge in [-0.15, -0.1) is 0 Å². The van der Waals surface area contributed by atoms with Crippen molar-refractivity contribution in [3.8, 4) is 0 Å². The first kappa shape index (κ1) is 16.0. The Morgan fingerprint density at radius 3 is 2.91 bits per heavy atom. The zero-order valence-electron chi connectivity index (χ0n) is 13.3. The highest BCUT2D eigenvalue weighted by molar-refractivity contribution is 6.28. The highest BCUT2D eigenvalue weighted by Crippen LogP contribution is 2.32. The summed E-state index contributed by atoms with van der Waals surface area (Å²) in [6.45, 7) is 5.81. The molecule has 23 heavy (non-hydrogen) atoms. The van der Waals surface area contributed by atoms with Crippen LogP contribution in [0.25, 0.3) is 0 Å². The van der Waals surface area contributed by atoms with Crippen LogP contribution in [0, 0.1) is 0 Å². The molecule has 0 saturated heterocycles. The van der Waals surface area contributed by atoms with Gasteiger partial charge in [0, 0.05) is 32.8 Å². The lowest BCUT2D eigenvalue weighted by atomic mass is 10.2. The van der Waals surface area contributed by atoms with E-state index in [9.17, 15) is 0 Å². The summed E-state index contributed by atoms with van der Waals surface area (Å²) in [5.41, 5.74) is 1.91. The van der Waals surface area contributed by atoms with Crippen LogP contribution in [0.2, 0.25) is 5.28 Å². The Morgan fingerprint density at radius 1 is 1.35 bits per heavy atom. The minimum absolute atomic E-state index is 0.251. The van der Waals surface area contributed by atoms with E-state index in [4.69, 9.17) is 20.9 Å². The number of fused-ring (bicyclic) bond motifs is 1. The number of hydrogen-bond acceptors (Lipinski definition) is 7. The van der Waals surface area contributed by atoms with Crippen LogP contribution in [0.15, 0.2) is 16.8 Å². The third-order valence-corrected chi connectivity index (χ3v) is 4.06. The molecule has 3 heterocycles. The van der Waals surface area contributed by atoms with Crippen molar-refractivity contribution < 1.29 is 9.26 Å². The number of halogens is 1. The quantitative estimate of drug-likeness (QED) is 0.748. The van der Waals surface area contributed by atoms with Gasteiger partial charge < -0.3 is 19.1 Å². The molecule has 0 bridgehead atoms. The monoisotopic (exact) mass is 337 g/mol. The van der Waals surface area contributed by atoms with Gasteiger partial charge in [-0.05, 0) is 18.0 Å². The Bertz CT molecular complexity index is 663. The first-order valence-corrected chi connectivity index (χ1v) is 8.05. The smallest absolute Gasteiger partial charge is 0.224 e. The SMILES string of the molecule is CCc1cc(CN2CCN(CCOC)c3nc(Cl)ncc32)on1. The van der Waals surface area contributed by atoms with Crippen molar-refractivity contribution in [3.05, 3.63) is 29.0 Å². The van der Waals surface area contributed by atoms with Crippen molar-refractivity contribution in [1.82, 2.24) is 15.1 Å². The number of hydrogen-bond donors (Lipinski definition) is 0. The summed E-state index contributed by atoms with van der Waals surface area (Å²) < 4.78 is 10.6. The highest BCUT2D eigenvalue weighted by atomic mass is 35.5. The lowest BCUT2D eigenvalue weighted by Gasteiger charge is -2.36. The molecule has 1 aliphatic rings. The van der Waals surface area contributed by atoms with Gasteiger partial charge in [0.15, 0.2) is 11.6 Å². The molecular weight excluding hydrogens is 318 g/mol. The molecule has 7 nitrogen and oxygen atoms in total. The molecule has 0 radical (unpaired) electrons. The summed E-state index contributed by atoms with van der Waals surface area (Å²) >= 11 is 5.98. The summed E-state index contributed by atoms with van der Waals surface area (Å²) in [6.07, 6.45) is 2.63. The van der Waals surface area contributed by atoms with E-state index in [1.165, 1.54) is 0 Å². The summed E-state index contributed by atoms with van der Waals surface area (Å²) in [5, 5.41) is 4.30. The second kappa shape index (κ2) is 7.14. The van der Waals surface area contributed by atoms with Crippen LogP contribution in [0.5, 0.6) is 0 Å². The van der Waals surface area contributed by atoms with E-state index in [0.717, 1.165) is 49.0 Å². The molecule has 0 amide bonds. The van der Waals surface area contributed by atoms with Crippen molar-refractivity contribution >= 4 is 23.1 Å². The Kier molecular flexibility index (Phi) is 4.97. The molecule has 0 aromatic carbocycles. The summed E-state index contributed by atoms with van der Waals surface area (Å²) in [7, 11) is 1.69. The first-order valence-electron chi connectivity index (χ1n) is 7.67. The van der Waals surface area contributed by atoms with Gasteiger partial charge in [-0.25, -0.2) is 4.98 Å². The number of nitrogens with zero attached hydrogens (tertiary/aromatic N) is 5. The Morgan fingerprint density at radius 2 is 2.17 bits per heavy atom. The van der Waals surface area contributed by atoms with E-state index in [1.54, 1.807) is 13.3 Å². The zero-order valence-corrected chi connectivity index (χ0v) is 14.1. The van der Waals surface area contributed by atoms with E-state index in [2.05, 4.69) is 31.8 Å². The third-order valence-electron chi connectivity index (χ3n) is 3.88. The first-order chi connectivity index (χ1) is 11.2. The normalized spacial score (nSPS) is 14.2. The molecule has 0 atom stereocenters. The molecule has 8 heteroatoms.